The molecule has 2 atom stereocenters. The Kier molecular flexibility index (Phi) is 4.72. The summed E-state index contributed by atoms with van der Waals surface area (Å²) >= 11 is 0. The first-order valence-electron chi connectivity index (χ1n) is 6.90. The van der Waals surface area contributed by atoms with Crippen molar-refractivity contribution in [1.82, 2.24) is 24.8 Å². The van der Waals surface area contributed by atoms with Gasteiger partial charge in [-0.15, -0.1) is 5.10 Å². The monoisotopic (exact) mass is 281 g/mol. The topological polar surface area (TPSA) is 63.5 Å². The molecule has 112 valence electrons. The summed E-state index contributed by atoms with van der Waals surface area (Å²) in [4.78, 5) is 15.8. The van der Waals surface area contributed by atoms with Gasteiger partial charge in [0.05, 0.1) is 18.3 Å². The molecule has 1 saturated heterocycles. The van der Waals surface area contributed by atoms with Crippen LogP contribution in [0.4, 0.5) is 0 Å². The maximum atomic E-state index is 12.0. The van der Waals surface area contributed by atoms with Gasteiger partial charge in [-0.05, 0) is 6.92 Å². The molecule has 2 heterocycles. The van der Waals surface area contributed by atoms with Crippen molar-refractivity contribution in [2.45, 2.75) is 18.9 Å². The Balaban J connectivity index is 2.01. The summed E-state index contributed by atoms with van der Waals surface area (Å²) in [6, 6.07) is 0. The first kappa shape index (κ1) is 14.9. The largest absolute Gasteiger partial charge is 0.379 e. The fourth-order valence-corrected chi connectivity index (χ4v) is 2.53. The summed E-state index contributed by atoms with van der Waals surface area (Å²) in [7, 11) is 5.38. The molecule has 0 saturated carbocycles. The molecule has 0 bridgehead atoms. The van der Waals surface area contributed by atoms with E-state index >= 15 is 0 Å². The number of carbonyl (C=O) groups is 1. The number of rotatable bonds is 5. The summed E-state index contributed by atoms with van der Waals surface area (Å²) in [6.07, 6.45) is 1.98. The zero-order valence-corrected chi connectivity index (χ0v) is 12.6. The average molecular weight is 281 g/mol. The molecule has 1 amide bonds. The van der Waals surface area contributed by atoms with E-state index in [9.17, 15) is 4.79 Å². The van der Waals surface area contributed by atoms with Crippen LogP contribution in [0.3, 0.4) is 0 Å². The third-order valence-corrected chi connectivity index (χ3v) is 3.90. The highest BCUT2D eigenvalue weighted by atomic mass is 16.5. The number of ether oxygens (including phenoxy) is 1. The highest BCUT2D eigenvalue weighted by Gasteiger charge is 2.36. The smallest absolute Gasteiger partial charge is 0.236 e. The zero-order chi connectivity index (χ0) is 14.7. The van der Waals surface area contributed by atoms with Crippen molar-refractivity contribution >= 4 is 5.91 Å². The van der Waals surface area contributed by atoms with Crippen LogP contribution in [0, 0.1) is 0 Å². The number of aryl methyl sites for hydroxylation is 1. The lowest BCUT2D eigenvalue weighted by Gasteiger charge is -2.20. The molecule has 1 aliphatic heterocycles. The van der Waals surface area contributed by atoms with Crippen LogP contribution in [-0.2, 0) is 16.6 Å². The molecule has 0 radical (unpaired) electrons. The van der Waals surface area contributed by atoms with Gasteiger partial charge in [0.15, 0.2) is 0 Å². The van der Waals surface area contributed by atoms with E-state index in [1.165, 1.54) is 0 Å². The van der Waals surface area contributed by atoms with Crippen LogP contribution in [0.5, 0.6) is 0 Å². The molecule has 20 heavy (non-hydrogen) atoms. The molecule has 0 unspecified atom stereocenters. The third kappa shape index (κ3) is 3.16. The minimum atomic E-state index is 0.0615. The van der Waals surface area contributed by atoms with E-state index in [4.69, 9.17) is 4.74 Å². The van der Waals surface area contributed by atoms with E-state index in [0.717, 1.165) is 25.3 Å². The van der Waals surface area contributed by atoms with E-state index in [2.05, 4.69) is 15.2 Å². The van der Waals surface area contributed by atoms with Crippen molar-refractivity contribution < 1.29 is 9.53 Å². The Labute approximate surface area is 119 Å². The fraction of sp³-hybridized carbons (Fsp3) is 0.769. The van der Waals surface area contributed by atoms with Crippen LogP contribution in [0.25, 0.3) is 0 Å². The van der Waals surface area contributed by atoms with Gasteiger partial charge in [0.1, 0.15) is 0 Å². The normalized spacial score (nSPS) is 23.2. The number of carbonyl (C=O) groups excluding carboxylic acids is 1. The number of hydrogen-bond acceptors (Lipinski definition) is 5. The van der Waals surface area contributed by atoms with Gasteiger partial charge in [0, 0.05) is 53.0 Å². The van der Waals surface area contributed by atoms with Crippen molar-refractivity contribution in [1.29, 1.82) is 0 Å². The Morgan fingerprint density at radius 2 is 2.30 bits per heavy atom. The predicted molar refractivity (Wildman–Crippen MR) is 74.3 cm³/mol. The molecule has 0 aliphatic carbocycles. The molecule has 0 aromatic carbocycles. The fourth-order valence-electron chi connectivity index (χ4n) is 2.53. The van der Waals surface area contributed by atoms with Crippen LogP contribution in [0.1, 0.15) is 18.5 Å². The van der Waals surface area contributed by atoms with Crippen LogP contribution in [-0.4, -0.2) is 77.1 Å². The zero-order valence-electron chi connectivity index (χ0n) is 12.6. The highest BCUT2D eigenvalue weighted by molar-refractivity contribution is 5.78. The van der Waals surface area contributed by atoms with Crippen LogP contribution >= 0.6 is 0 Å². The molecular formula is C13H23N5O2. The summed E-state index contributed by atoms with van der Waals surface area (Å²) in [6.45, 7) is 4.67. The van der Waals surface area contributed by atoms with Gasteiger partial charge in [-0.25, -0.2) is 0 Å². The van der Waals surface area contributed by atoms with Gasteiger partial charge in [0.2, 0.25) is 5.91 Å². The lowest BCUT2D eigenvalue weighted by molar-refractivity contribution is -0.130. The molecular weight excluding hydrogens is 258 g/mol. The Bertz CT molecular complexity index is 461. The maximum Gasteiger partial charge on any atom is 0.236 e. The van der Waals surface area contributed by atoms with Crippen LogP contribution in [0.15, 0.2) is 6.20 Å². The number of amides is 1. The van der Waals surface area contributed by atoms with Crippen molar-refractivity contribution in [3.05, 3.63) is 11.9 Å². The van der Waals surface area contributed by atoms with Gasteiger partial charge in [-0.3, -0.25) is 14.4 Å². The van der Waals surface area contributed by atoms with Crippen molar-refractivity contribution in [3.8, 4) is 0 Å². The van der Waals surface area contributed by atoms with Crippen molar-refractivity contribution in [2.24, 2.45) is 7.05 Å². The summed E-state index contributed by atoms with van der Waals surface area (Å²) in [5.74, 6) is 0.315. The minimum absolute atomic E-state index is 0.0615. The molecule has 7 nitrogen and oxygen atoms in total. The number of likely N-dealkylation sites (N-methyl/N-ethyl adjacent to an activating group) is 1. The summed E-state index contributed by atoms with van der Waals surface area (Å²) < 4.78 is 7.24. The lowest BCUT2D eigenvalue weighted by atomic mass is 10.0. The molecule has 0 spiro atoms. The van der Waals surface area contributed by atoms with Gasteiger partial charge >= 0.3 is 0 Å². The summed E-state index contributed by atoms with van der Waals surface area (Å²) in [5.41, 5.74) is 0.929. The van der Waals surface area contributed by atoms with E-state index in [1.54, 1.807) is 16.7 Å². The van der Waals surface area contributed by atoms with Gasteiger partial charge in [-0.2, -0.15) is 0 Å². The lowest BCUT2D eigenvalue weighted by Crippen LogP contribution is -2.37. The molecule has 1 aliphatic rings. The number of aromatic nitrogens is 3. The van der Waals surface area contributed by atoms with Gasteiger partial charge in [-0.1, -0.05) is 5.21 Å². The molecule has 2 rings (SSSR count). The predicted octanol–water partition coefficient (Wildman–Crippen LogP) is -0.292. The molecule has 0 N–H and O–H groups in total. The van der Waals surface area contributed by atoms with Gasteiger partial charge < -0.3 is 9.64 Å². The Morgan fingerprint density at radius 3 is 2.85 bits per heavy atom. The standard InChI is InChI=1S/C13H23N5O2/c1-5-16(2)13(19)9-18-6-10(12(8-18)20-4)11-7-17(3)15-14-11/h7,10,12H,5-6,8-9H2,1-4H3/t10-,12+/m0/s1. The maximum absolute atomic E-state index is 12.0. The first-order valence-corrected chi connectivity index (χ1v) is 6.90. The highest BCUT2D eigenvalue weighted by Crippen LogP contribution is 2.27. The molecule has 1 aromatic rings. The van der Waals surface area contributed by atoms with Crippen LogP contribution < -0.4 is 0 Å². The second kappa shape index (κ2) is 6.32. The Morgan fingerprint density at radius 1 is 1.55 bits per heavy atom. The van der Waals surface area contributed by atoms with E-state index in [0.29, 0.717) is 6.54 Å². The average Bonchev–Trinajstić information content (AvgIpc) is 3.03. The number of hydrogen-bond donors (Lipinski definition) is 0. The Hall–Kier alpha value is -1.47. The van der Waals surface area contributed by atoms with Crippen LogP contribution in [0.2, 0.25) is 0 Å². The van der Waals surface area contributed by atoms with Gasteiger partial charge in [0.25, 0.3) is 0 Å². The molecule has 1 aromatic heterocycles. The van der Waals surface area contributed by atoms with E-state index < -0.39 is 0 Å². The van der Waals surface area contributed by atoms with Crippen molar-refractivity contribution in [3.63, 3.8) is 0 Å². The minimum Gasteiger partial charge on any atom is -0.379 e. The molecule has 1 fully saturated rings. The second-order valence-electron chi connectivity index (χ2n) is 5.30. The quantitative estimate of drug-likeness (QED) is 0.742. The van der Waals surface area contributed by atoms with E-state index in [-0.39, 0.29) is 17.9 Å². The summed E-state index contributed by atoms with van der Waals surface area (Å²) in [5, 5.41) is 8.15. The van der Waals surface area contributed by atoms with Crippen molar-refractivity contribution in [2.75, 3.05) is 40.3 Å². The number of nitrogens with zero attached hydrogens (tertiary/aromatic N) is 5. The number of likely N-dealkylation sites (tertiary alicyclic amines) is 1. The second-order valence-corrected chi connectivity index (χ2v) is 5.30. The van der Waals surface area contributed by atoms with E-state index in [1.807, 2.05) is 27.2 Å². The molecule has 7 heteroatoms. The number of methoxy groups -OCH3 is 1. The third-order valence-electron chi connectivity index (χ3n) is 3.90. The SMILES string of the molecule is CCN(C)C(=O)CN1C[C@@H](OC)[C@H](c2cn(C)nn2)C1. The first-order chi connectivity index (χ1) is 9.55.